The molecule has 4 rings (SSSR count). The highest BCUT2D eigenvalue weighted by Crippen LogP contribution is 2.31. The lowest BCUT2D eigenvalue weighted by Crippen LogP contribution is -2.68. The molecule has 0 saturated carbocycles. The third-order valence-electron chi connectivity index (χ3n) is 8.07. The van der Waals surface area contributed by atoms with Crippen molar-refractivity contribution in [2.45, 2.75) is 105 Å². The third-order valence-corrected chi connectivity index (χ3v) is 8.07. The molecule has 0 bridgehead atoms. The molecule has 44 heavy (non-hydrogen) atoms. The van der Waals surface area contributed by atoms with E-state index in [0.29, 0.717) is 0 Å². The maximum absolute atomic E-state index is 11.3. The molecule has 2 saturated heterocycles. The Morgan fingerprint density at radius 2 is 1.57 bits per heavy atom. The second kappa shape index (κ2) is 14.2. The lowest BCUT2D eigenvalue weighted by molar-refractivity contribution is -0.352. The van der Waals surface area contributed by atoms with Crippen molar-refractivity contribution < 1.29 is 89.8 Å². The first-order valence-corrected chi connectivity index (χ1v) is 13.8. The van der Waals surface area contributed by atoms with Gasteiger partial charge in [0.2, 0.25) is 5.76 Å². The van der Waals surface area contributed by atoms with E-state index in [1.54, 1.807) is 0 Å². The fraction of sp³-hybridized carbons (Fsp3) is 0.800. The number of cyclic esters (lactones) is 1. The molecule has 0 aromatic heterocycles. The average Bonchev–Trinajstić information content (AvgIpc) is 3.26. The van der Waals surface area contributed by atoms with Gasteiger partial charge >= 0.3 is 5.97 Å². The van der Waals surface area contributed by atoms with Crippen molar-refractivity contribution in [2.75, 3.05) is 19.8 Å². The minimum atomic E-state index is -1.88. The summed E-state index contributed by atoms with van der Waals surface area (Å²) in [5.41, 5.74) is 0.0221. The maximum atomic E-state index is 11.3. The molecule has 252 valence electrons. The van der Waals surface area contributed by atoms with Gasteiger partial charge in [0.1, 0.15) is 61.0 Å². The van der Waals surface area contributed by atoms with Gasteiger partial charge < -0.3 is 90.3 Å². The van der Waals surface area contributed by atoms with Gasteiger partial charge in [0, 0.05) is 0 Å². The Labute approximate surface area is 249 Å². The number of esters is 1. The molecule has 3 aliphatic heterocycles. The predicted octanol–water partition coefficient (Wildman–Crippen LogP) is -6.75. The van der Waals surface area contributed by atoms with Crippen LogP contribution in [0.4, 0.5) is 0 Å². The zero-order valence-corrected chi connectivity index (χ0v) is 23.3. The predicted molar refractivity (Wildman–Crippen MR) is 137 cm³/mol. The third kappa shape index (κ3) is 6.72. The average molecular weight is 642 g/mol. The number of carbonyl (C=O) groups excluding carboxylic acids is 1. The van der Waals surface area contributed by atoms with Crippen molar-refractivity contribution in [3.63, 3.8) is 0 Å². The van der Waals surface area contributed by atoms with Crippen LogP contribution in [0.25, 0.3) is 0 Å². The minimum absolute atomic E-state index is 0.0221. The number of aliphatic hydroxyl groups excluding tert-OH is 12. The van der Waals surface area contributed by atoms with Crippen molar-refractivity contribution in [1.82, 2.24) is 5.32 Å². The van der Waals surface area contributed by atoms with Crippen LogP contribution in [0, 0.1) is 0 Å². The molecule has 1 aliphatic carbocycles. The Morgan fingerprint density at radius 3 is 2.16 bits per heavy atom. The fourth-order valence-electron chi connectivity index (χ4n) is 5.46. The smallest absolute Gasteiger partial charge is 0.377 e. The van der Waals surface area contributed by atoms with E-state index in [0.717, 1.165) is 0 Å². The van der Waals surface area contributed by atoms with Crippen LogP contribution in [0.3, 0.4) is 0 Å². The zero-order valence-electron chi connectivity index (χ0n) is 23.3. The second-order valence-corrected chi connectivity index (χ2v) is 11.0. The Kier molecular flexibility index (Phi) is 11.2. The summed E-state index contributed by atoms with van der Waals surface area (Å²) < 4.78 is 26.6. The molecular formula is C25H39NO18. The quantitative estimate of drug-likeness (QED) is 0.0778. The van der Waals surface area contributed by atoms with Crippen molar-refractivity contribution in [3.8, 4) is 0 Å². The summed E-state index contributed by atoms with van der Waals surface area (Å²) in [5.74, 6) is -3.30. The summed E-state index contributed by atoms with van der Waals surface area (Å²) in [4.78, 5) is 11.3. The summed E-state index contributed by atoms with van der Waals surface area (Å²) in [6, 6.07) is -2.16. The van der Waals surface area contributed by atoms with Crippen molar-refractivity contribution in [2.24, 2.45) is 0 Å². The molecule has 2 fully saturated rings. The lowest BCUT2D eigenvalue weighted by atomic mass is 9.86. The Balaban J connectivity index is 1.37. The molecule has 0 aromatic carbocycles. The van der Waals surface area contributed by atoms with Gasteiger partial charge in [-0.2, -0.15) is 0 Å². The van der Waals surface area contributed by atoms with E-state index in [1.165, 1.54) is 13.0 Å². The normalized spacial score (nSPS) is 45.7. The highest BCUT2D eigenvalue weighted by molar-refractivity contribution is 5.89. The van der Waals surface area contributed by atoms with Crippen LogP contribution >= 0.6 is 0 Å². The standard InChI is InChI=1S/C25H39NO18/c1-6-11(26-8-2-7(3-27)12(30)15(33)13(8)31)14(32)19(37)25(41-6)44-22-10(4-28)42-24(20(38)17(22)35)40-5-9(29)21-16(34)18(36)23(39)43-21/h2,6,8-15,17,19-22,24-38H,3-5H2,1H3/t6-,8+,9+,10-,11-,12-,13+,14+,15+,17-,19-,20-,21-,22-,24+,25-/m1/s1. The Hall–Kier alpha value is -2.05. The molecule has 0 amide bonds. The molecule has 0 aromatic rings. The zero-order chi connectivity index (χ0) is 32.6. The molecule has 0 radical (unpaired) electrons. The van der Waals surface area contributed by atoms with Gasteiger partial charge in [-0.25, -0.2) is 4.79 Å². The molecular weight excluding hydrogens is 602 g/mol. The van der Waals surface area contributed by atoms with Gasteiger partial charge in [-0.1, -0.05) is 6.08 Å². The molecule has 0 unspecified atom stereocenters. The first-order chi connectivity index (χ1) is 20.7. The van der Waals surface area contributed by atoms with E-state index < -0.39 is 135 Å². The second-order valence-electron chi connectivity index (χ2n) is 11.0. The number of hydrogen-bond donors (Lipinski definition) is 13. The van der Waals surface area contributed by atoms with Crippen LogP contribution in [0.15, 0.2) is 23.2 Å². The van der Waals surface area contributed by atoms with Crippen molar-refractivity contribution in [3.05, 3.63) is 23.2 Å². The van der Waals surface area contributed by atoms with Gasteiger partial charge in [-0.05, 0) is 12.5 Å². The van der Waals surface area contributed by atoms with E-state index in [9.17, 15) is 66.1 Å². The van der Waals surface area contributed by atoms with Crippen LogP contribution in [-0.2, 0) is 28.5 Å². The molecule has 3 heterocycles. The van der Waals surface area contributed by atoms with Gasteiger partial charge in [-0.15, -0.1) is 0 Å². The van der Waals surface area contributed by atoms with E-state index >= 15 is 0 Å². The highest BCUT2D eigenvalue weighted by atomic mass is 16.7. The number of hydrogen-bond acceptors (Lipinski definition) is 19. The summed E-state index contributed by atoms with van der Waals surface area (Å²) in [6.07, 6.45) is -21.3. The molecule has 19 heteroatoms. The number of aliphatic hydroxyl groups is 12. The molecule has 19 nitrogen and oxygen atoms in total. The van der Waals surface area contributed by atoms with E-state index in [1.807, 2.05) is 0 Å². The summed E-state index contributed by atoms with van der Waals surface area (Å²) in [5, 5.41) is 125. The first-order valence-electron chi connectivity index (χ1n) is 13.8. The minimum Gasteiger partial charge on any atom is -0.505 e. The molecule has 16 atom stereocenters. The molecule has 4 aliphatic rings. The largest absolute Gasteiger partial charge is 0.505 e. The van der Waals surface area contributed by atoms with E-state index in [2.05, 4.69) is 10.1 Å². The van der Waals surface area contributed by atoms with Crippen LogP contribution < -0.4 is 5.32 Å². The van der Waals surface area contributed by atoms with Gasteiger partial charge in [-0.3, -0.25) is 0 Å². The van der Waals surface area contributed by atoms with Crippen LogP contribution in [0.5, 0.6) is 0 Å². The molecule has 13 N–H and O–H groups in total. The van der Waals surface area contributed by atoms with Crippen molar-refractivity contribution >= 4 is 5.97 Å². The fourth-order valence-corrected chi connectivity index (χ4v) is 5.46. The van der Waals surface area contributed by atoms with Gasteiger partial charge in [0.05, 0.1) is 38.0 Å². The summed E-state index contributed by atoms with van der Waals surface area (Å²) in [7, 11) is 0. The Morgan fingerprint density at radius 1 is 0.909 bits per heavy atom. The first kappa shape index (κ1) is 34.8. The highest BCUT2D eigenvalue weighted by Gasteiger charge is 2.51. The number of carbonyl (C=O) groups is 1. The topological polar surface area (TPSA) is 318 Å². The summed E-state index contributed by atoms with van der Waals surface area (Å²) in [6.45, 7) is -0.696. The van der Waals surface area contributed by atoms with Crippen LogP contribution in [0.2, 0.25) is 0 Å². The van der Waals surface area contributed by atoms with Crippen LogP contribution in [-0.4, -0.2) is 185 Å². The van der Waals surface area contributed by atoms with Gasteiger partial charge in [0.15, 0.2) is 24.4 Å². The SMILES string of the molecule is C[C@H]1O[C@H](O[C@H]2[C@H](O)[C@@H](O)[C@@H](OC[C@H](O)[C@H]3OC(=O)C(O)=C3O)O[C@@H]2CO)[C@H](O)[C@@H](O)[C@@H]1N[C@H]1C=C(CO)[C@@H](O)[C@H](O)[C@H]1O. The Bertz CT molecular complexity index is 1070. The van der Waals surface area contributed by atoms with E-state index in [4.69, 9.17) is 18.9 Å². The number of nitrogens with one attached hydrogen (secondary N) is 1. The van der Waals surface area contributed by atoms with Crippen LogP contribution in [0.1, 0.15) is 6.92 Å². The van der Waals surface area contributed by atoms with E-state index in [-0.39, 0.29) is 5.57 Å². The van der Waals surface area contributed by atoms with Crippen molar-refractivity contribution in [1.29, 1.82) is 0 Å². The number of rotatable bonds is 10. The number of ether oxygens (including phenoxy) is 5. The lowest BCUT2D eigenvalue weighted by Gasteiger charge is -2.47. The summed E-state index contributed by atoms with van der Waals surface area (Å²) >= 11 is 0. The van der Waals surface area contributed by atoms with Gasteiger partial charge in [0.25, 0.3) is 0 Å². The molecule has 0 spiro atoms. The maximum Gasteiger partial charge on any atom is 0.377 e. The monoisotopic (exact) mass is 641 g/mol.